The molecule has 0 fully saturated rings. The molecule has 1 aliphatic rings. The Hall–Kier alpha value is -1.08. The normalized spacial score (nSPS) is 14.2. The molecule has 0 atom stereocenters. The fraction of sp³-hybridized carbons (Fsp3) is 0.333. The zero-order valence-electron chi connectivity index (χ0n) is 8.01. The summed E-state index contributed by atoms with van der Waals surface area (Å²) in [6.45, 7) is 2.93. The van der Waals surface area contributed by atoms with Crippen LogP contribution >= 0.6 is 0 Å². The van der Waals surface area contributed by atoms with Crippen molar-refractivity contribution < 1.29 is 0 Å². The van der Waals surface area contributed by atoms with Gasteiger partial charge in [0.2, 0.25) is 0 Å². The zero-order valence-corrected chi connectivity index (χ0v) is 8.01. The van der Waals surface area contributed by atoms with E-state index in [2.05, 4.69) is 31.2 Å². The van der Waals surface area contributed by atoms with E-state index in [1.165, 1.54) is 22.3 Å². The second kappa shape index (κ2) is 3.35. The second-order valence-electron chi connectivity index (χ2n) is 3.69. The van der Waals surface area contributed by atoms with Gasteiger partial charge in [-0.1, -0.05) is 29.8 Å². The molecule has 1 aromatic carbocycles. The summed E-state index contributed by atoms with van der Waals surface area (Å²) in [4.78, 5) is 0. The average molecular weight is 173 g/mol. The van der Waals surface area contributed by atoms with E-state index in [1.54, 1.807) is 0 Å². The molecule has 0 saturated carbocycles. The lowest BCUT2D eigenvalue weighted by atomic mass is 10.00. The molecule has 0 heterocycles. The third-order valence-electron chi connectivity index (χ3n) is 2.58. The van der Waals surface area contributed by atoms with Crippen molar-refractivity contribution in [2.75, 3.05) is 6.54 Å². The molecule has 1 nitrogen and oxygen atoms in total. The number of rotatable bonds is 2. The van der Waals surface area contributed by atoms with Gasteiger partial charge in [-0.05, 0) is 43.0 Å². The first-order chi connectivity index (χ1) is 6.31. The first-order valence-electron chi connectivity index (χ1n) is 4.79. The summed E-state index contributed by atoms with van der Waals surface area (Å²) >= 11 is 0. The Morgan fingerprint density at radius 3 is 3.00 bits per heavy atom. The molecular weight excluding hydrogens is 158 g/mol. The molecule has 0 unspecified atom stereocenters. The van der Waals surface area contributed by atoms with Gasteiger partial charge < -0.3 is 5.73 Å². The molecule has 1 heteroatoms. The van der Waals surface area contributed by atoms with Crippen LogP contribution in [0, 0.1) is 0 Å². The van der Waals surface area contributed by atoms with Crippen LogP contribution in [0.2, 0.25) is 0 Å². The van der Waals surface area contributed by atoms with E-state index < -0.39 is 0 Å². The lowest BCUT2D eigenvalue weighted by Gasteiger charge is -2.06. The fourth-order valence-corrected chi connectivity index (χ4v) is 1.99. The maximum Gasteiger partial charge on any atom is -0.00366 e. The molecule has 1 aliphatic carbocycles. The lowest BCUT2D eigenvalue weighted by Crippen LogP contribution is -2.05. The Kier molecular flexibility index (Phi) is 2.19. The quantitative estimate of drug-likeness (QED) is 0.728. The highest BCUT2D eigenvalue weighted by molar-refractivity contribution is 5.65. The predicted molar refractivity (Wildman–Crippen MR) is 56.6 cm³/mol. The number of hydrogen-bond acceptors (Lipinski definition) is 1. The molecule has 0 aromatic heterocycles. The van der Waals surface area contributed by atoms with Crippen molar-refractivity contribution in [1.29, 1.82) is 0 Å². The van der Waals surface area contributed by atoms with Crippen molar-refractivity contribution in [3.63, 3.8) is 0 Å². The minimum atomic E-state index is 0.746. The van der Waals surface area contributed by atoms with Crippen molar-refractivity contribution in [2.45, 2.75) is 19.8 Å². The molecule has 0 radical (unpaired) electrons. The highest BCUT2D eigenvalue weighted by Gasteiger charge is 2.12. The molecule has 13 heavy (non-hydrogen) atoms. The Balaban J connectivity index is 2.39. The SMILES string of the molecule is CC1=Cc2cccc(CCN)c2C1. The molecule has 0 amide bonds. The molecule has 0 saturated heterocycles. The van der Waals surface area contributed by atoms with Crippen LogP contribution in [-0.2, 0) is 12.8 Å². The summed E-state index contributed by atoms with van der Waals surface area (Å²) in [5.41, 5.74) is 11.3. The van der Waals surface area contributed by atoms with Crippen LogP contribution in [0.1, 0.15) is 23.6 Å². The van der Waals surface area contributed by atoms with E-state index in [-0.39, 0.29) is 0 Å². The third-order valence-corrected chi connectivity index (χ3v) is 2.58. The van der Waals surface area contributed by atoms with Crippen LogP contribution in [0.25, 0.3) is 6.08 Å². The molecule has 2 N–H and O–H groups in total. The fourth-order valence-electron chi connectivity index (χ4n) is 1.99. The van der Waals surface area contributed by atoms with E-state index in [9.17, 15) is 0 Å². The molecule has 0 spiro atoms. The highest BCUT2D eigenvalue weighted by atomic mass is 14.5. The monoisotopic (exact) mass is 173 g/mol. The second-order valence-corrected chi connectivity index (χ2v) is 3.69. The van der Waals surface area contributed by atoms with Gasteiger partial charge in [0.1, 0.15) is 0 Å². The summed E-state index contributed by atoms with van der Waals surface area (Å²) < 4.78 is 0. The van der Waals surface area contributed by atoms with Crippen molar-refractivity contribution in [3.8, 4) is 0 Å². The van der Waals surface area contributed by atoms with Gasteiger partial charge in [-0.3, -0.25) is 0 Å². The zero-order chi connectivity index (χ0) is 9.26. The van der Waals surface area contributed by atoms with E-state index in [1.807, 2.05) is 0 Å². The number of allylic oxidation sites excluding steroid dienone is 1. The maximum absolute atomic E-state index is 5.57. The van der Waals surface area contributed by atoms with Gasteiger partial charge in [-0.2, -0.15) is 0 Å². The summed E-state index contributed by atoms with van der Waals surface area (Å²) in [5, 5.41) is 0. The highest BCUT2D eigenvalue weighted by Crippen LogP contribution is 2.27. The smallest absolute Gasteiger partial charge is 0.00366 e. The van der Waals surface area contributed by atoms with Crippen LogP contribution < -0.4 is 5.73 Å². The summed E-state index contributed by atoms with van der Waals surface area (Å²) in [5.74, 6) is 0. The minimum Gasteiger partial charge on any atom is -0.330 e. The van der Waals surface area contributed by atoms with E-state index in [0.717, 1.165) is 19.4 Å². The lowest BCUT2D eigenvalue weighted by molar-refractivity contribution is 0.947. The molecule has 1 aromatic rings. The average Bonchev–Trinajstić information content (AvgIpc) is 2.47. The Labute approximate surface area is 79.3 Å². The first kappa shape index (κ1) is 8.52. The minimum absolute atomic E-state index is 0.746. The number of benzene rings is 1. The summed E-state index contributed by atoms with van der Waals surface area (Å²) in [7, 11) is 0. The number of nitrogens with two attached hydrogens (primary N) is 1. The molecule has 2 rings (SSSR count). The van der Waals surface area contributed by atoms with Crippen LogP contribution in [-0.4, -0.2) is 6.54 Å². The Bertz CT molecular complexity index is 350. The summed E-state index contributed by atoms with van der Waals surface area (Å²) in [6.07, 6.45) is 4.39. The molecular formula is C12H15N. The molecule has 0 aliphatic heterocycles. The van der Waals surface area contributed by atoms with Crippen molar-refractivity contribution >= 4 is 6.08 Å². The standard InChI is InChI=1S/C12H15N/c1-9-7-11-4-2-3-10(5-6-13)12(11)8-9/h2-4,7H,5-6,8,13H2,1H3. The third kappa shape index (κ3) is 1.52. The van der Waals surface area contributed by atoms with E-state index >= 15 is 0 Å². The van der Waals surface area contributed by atoms with Crippen molar-refractivity contribution in [3.05, 3.63) is 40.5 Å². The van der Waals surface area contributed by atoms with Gasteiger partial charge in [0.25, 0.3) is 0 Å². The van der Waals surface area contributed by atoms with E-state index in [0.29, 0.717) is 0 Å². The van der Waals surface area contributed by atoms with Gasteiger partial charge in [-0.15, -0.1) is 0 Å². The van der Waals surface area contributed by atoms with Crippen LogP contribution in [0.15, 0.2) is 23.8 Å². The van der Waals surface area contributed by atoms with Gasteiger partial charge in [0.15, 0.2) is 0 Å². The Morgan fingerprint density at radius 2 is 2.23 bits per heavy atom. The largest absolute Gasteiger partial charge is 0.330 e. The van der Waals surface area contributed by atoms with Gasteiger partial charge in [-0.25, -0.2) is 0 Å². The summed E-state index contributed by atoms with van der Waals surface area (Å²) in [6, 6.07) is 6.50. The van der Waals surface area contributed by atoms with E-state index in [4.69, 9.17) is 5.73 Å². The topological polar surface area (TPSA) is 26.0 Å². The van der Waals surface area contributed by atoms with Gasteiger partial charge in [0.05, 0.1) is 0 Å². The van der Waals surface area contributed by atoms with Crippen LogP contribution in [0.5, 0.6) is 0 Å². The molecule has 68 valence electrons. The van der Waals surface area contributed by atoms with Crippen molar-refractivity contribution in [2.24, 2.45) is 5.73 Å². The van der Waals surface area contributed by atoms with Crippen LogP contribution in [0.3, 0.4) is 0 Å². The van der Waals surface area contributed by atoms with Gasteiger partial charge in [0, 0.05) is 0 Å². The number of hydrogen-bond donors (Lipinski definition) is 1. The Morgan fingerprint density at radius 1 is 1.38 bits per heavy atom. The maximum atomic E-state index is 5.57. The van der Waals surface area contributed by atoms with Crippen molar-refractivity contribution in [1.82, 2.24) is 0 Å². The number of fused-ring (bicyclic) bond motifs is 1. The van der Waals surface area contributed by atoms with Gasteiger partial charge >= 0.3 is 0 Å². The van der Waals surface area contributed by atoms with Crippen LogP contribution in [0.4, 0.5) is 0 Å². The predicted octanol–water partition coefficient (Wildman–Crippen LogP) is 2.15. The molecule has 0 bridgehead atoms. The first-order valence-corrected chi connectivity index (χ1v) is 4.79.